The van der Waals surface area contributed by atoms with E-state index in [1.807, 2.05) is 0 Å². The maximum Gasteiger partial charge on any atom is 0.254 e. The number of fused-ring (bicyclic) bond motifs is 1. The van der Waals surface area contributed by atoms with E-state index in [4.69, 9.17) is 10.2 Å². The van der Waals surface area contributed by atoms with E-state index in [1.54, 1.807) is 29.4 Å². The van der Waals surface area contributed by atoms with Crippen LogP contribution in [0, 0.1) is 11.6 Å². The van der Waals surface area contributed by atoms with E-state index in [-0.39, 0.29) is 29.5 Å². The van der Waals surface area contributed by atoms with Crippen molar-refractivity contribution in [3.63, 3.8) is 0 Å². The molecule has 0 spiro atoms. The molecule has 0 bridgehead atoms. The molecule has 1 aliphatic rings. The van der Waals surface area contributed by atoms with E-state index < -0.39 is 28.3 Å². The van der Waals surface area contributed by atoms with Crippen molar-refractivity contribution in [3.05, 3.63) is 53.8 Å². The highest BCUT2D eigenvalue weighted by molar-refractivity contribution is 7.84. The van der Waals surface area contributed by atoms with Crippen molar-refractivity contribution in [2.45, 2.75) is 0 Å². The molecule has 40 heavy (non-hydrogen) atoms. The minimum Gasteiger partial charge on any atom is -0.463 e. The van der Waals surface area contributed by atoms with Gasteiger partial charge in [-0.05, 0) is 18.2 Å². The Hall–Kier alpha value is -4.11. The fraction of sp³-hybridized carbons (Fsp3) is 0.360. The minimum absolute atomic E-state index is 0.140. The number of hydrogen-bond donors (Lipinski definition) is 3. The summed E-state index contributed by atoms with van der Waals surface area (Å²) in [5.41, 5.74) is 7.13. The number of carbonyl (C=O) groups excluding carboxylic acids is 1. The first-order valence-corrected chi connectivity index (χ1v) is 14.4. The standard InChI is InChI=1S/C25H29F2N9O3S/c1-40(38)12-5-29-23(37)16-13-20(18(27)14-17(16)26)35-9-7-34(8-10-35)6-4-30-25-31-22-15-19(21-3-2-11-39-21)33-36(22)24(28)32-25/h2-3,11,13-15H,4-10,12H2,1H3,(H,29,37)(H3,28,30,31,32). The van der Waals surface area contributed by atoms with E-state index in [1.165, 1.54) is 16.8 Å². The number of aromatic nitrogens is 4. The highest BCUT2D eigenvalue weighted by Crippen LogP contribution is 2.25. The maximum absolute atomic E-state index is 14.6. The van der Waals surface area contributed by atoms with Crippen LogP contribution in [0.3, 0.4) is 0 Å². The summed E-state index contributed by atoms with van der Waals surface area (Å²) in [5, 5.41) is 10.1. The molecule has 1 fully saturated rings. The summed E-state index contributed by atoms with van der Waals surface area (Å²) >= 11 is 0. The zero-order valence-corrected chi connectivity index (χ0v) is 22.6. The SMILES string of the molecule is CS(=O)CCNC(=O)c1cc(N2CCN(CCNc3nc(N)n4nc(-c5ccco5)cc4n3)CC2)c(F)cc1F. The molecule has 1 atom stereocenters. The number of halogens is 2. The molecule has 0 radical (unpaired) electrons. The van der Waals surface area contributed by atoms with Crippen LogP contribution in [0.5, 0.6) is 0 Å². The molecule has 4 heterocycles. The predicted molar refractivity (Wildman–Crippen MR) is 148 cm³/mol. The number of piperazine rings is 1. The summed E-state index contributed by atoms with van der Waals surface area (Å²) in [6.07, 6.45) is 3.08. The summed E-state index contributed by atoms with van der Waals surface area (Å²) in [7, 11) is -1.09. The van der Waals surface area contributed by atoms with Crippen LogP contribution in [0.15, 0.2) is 41.0 Å². The van der Waals surface area contributed by atoms with Crippen molar-refractivity contribution in [3.8, 4) is 11.5 Å². The smallest absolute Gasteiger partial charge is 0.254 e. The van der Waals surface area contributed by atoms with Crippen LogP contribution in [0.1, 0.15) is 10.4 Å². The number of amides is 1. The van der Waals surface area contributed by atoms with Gasteiger partial charge >= 0.3 is 0 Å². The normalized spacial score (nSPS) is 14.9. The molecule has 0 saturated carbocycles. The summed E-state index contributed by atoms with van der Waals surface area (Å²) in [4.78, 5) is 25.1. The van der Waals surface area contributed by atoms with E-state index in [2.05, 4.69) is 30.6 Å². The largest absolute Gasteiger partial charge is 0.463 e. The number of carbonyl (C=O) groups is 1. The van der Waals surface area contributed by atoms with Gasteiger partial charge in [0, 0.05) is 80.8 Å². The topological polar surface area (TPSA) is 147 Å². The lowest BCUT2D eigenvalue weighted by atomic mass is 10.1. The number of furan rings is 1. The van der Waals surface area contributed by atoms with Gasteiger partial charge in [-0.25, -0.2) is 8.78 Å². The zero-order chi connectivity index (χ0) is 28.2. The van der Waals surface area contributed by atoms with Gasteiger partial charge in [0.2, 0.25) is 11.9 Å². The van der Waals surface area contributed by atoms with Crippen LogP contribution in [0.25, 0.3) is 17.1 Å². The van der Waals surface area contributed by atoms with Crippen LogP contribution < -0.4 is 21.3 Å². The summed E-state index contributed by atoms with van der Waals surface area (Å²) in [6, 6.07) is 7.31. The van der Waals surface area contributed by atoms with Gasteiger partial charge < -0.3 is 25.7 Å². The molecule has 0 aliphatic carbocycles. The van der Waals surface area contributed by atoms with Gasteiger partial charge in [-0.1, -0.05) is 0 Å². The Morgan fingerprint density at radius 3 is 2.65 bits per heavy atom. The first-order chi connectivity index (χ1) is 19.3. The molecule has 1 amide bonds. The second-order valence-electron chi connectivity index (χ2n) is 9.25. The molecule has 1 saturated heterocycles. The van der Waals surface area contributed by atoms with Crippen molar-refractivity contribution in [1.29, 1.82) is 0 Å². The Kier molecular flexibility index (Phi) is 8.21. The molecule has 4 N–H and O–H groups in total. The first-order valence-electron chi connectivity index (χ1n) is 12.6. The Balaban J connectivity index is 1.15. The van der Waals surface area contributed by atoms with E-state index in [9.17, 15) is 17.8 Å². The lowest BCUT2D eigenvalue weighted by Crippen LogP contribution is -2.48. The Morgan fingerprint density at radius 1 is 1.12 bits per heavy atom. The monoisotopic (exact) mass is 573 g/mol. The van der Waals surface area contributed by atoms with Crippen LogP contribution in [0.4, 0.5) is 26.4 Å². The van der Waals surface area contributed by atoms with Crippen molar-refractivity contribution in [2.24, 2.45) is 0 Å². The average Bonchev–Trinajstić information content (AvgIpc) is 3.60. The van der Waals surface area contributed by atoms with Gasteiger partial charge in [0.1, 0.15) is 17.3 Å². The molecule has 1 unspecified atom stereocenters. The molecule has 5 rings (SSSR count). The first kappa shape index (κ1) is 27.5. The molecule has 3 aromatic heterocycles. The third kappa shape index (κ3) is 6.20. The number of benzene rings is 1. The Bertz CT molecular complexity index is 1520. The number of nitrogens with two attached hydrogens (primary N) is 1. The summed E-state index contributed by atoms with van der Waals surface area (Å²) in [5.74, 6) is -0.905. The zero-order valence-electron chi connectivity index (χ0n) is 21.8. The molecular weight excluding hydrogens is 544 g/mol. The van der Waals surface area contributed by atoms with Crippen LogP contribution in [-0.2, 0) is 10.8 Å². The van der Waals surface area contributed by atoms with Gasteiger partial charge in [0.25, 0.3) is 5.91 Å². The van der Waals surface area contributed by atoms with Crippen molar-refractivity contribution >= 4 is 39.9 Å². The highest BCUT2D eigenvalue weighted by Gasteiger charge is 2.23. The Labute approximate surface area is 231 Å². The third-order valence-electron chi connectivity index (χ3n) is 6.50. The van der Waals surface area contributed by atoms with Crippen molar-refractivity contribution in [2.75, 3.05) is 73.8 Å². The fourth-order valence-electron chi connectivity index (χ4n) is 4.43. The van der Waals surface area contributed by atoms with E-state index >= 15 is 0 Å². The lowest BCUT2D eigenvalue weighted by molar-refractivity contribution is 0.0952. The molecule has 4 aromatic rings. The van der Waals surface area contributed by atoms with Crippen molar-refractivity contribution < 1.29 is 22.2 Å². The lowest BCUT2D eigenvalue weighted by Gasteiger charge is -2.36. The molecule has 12 nitrogen and oxygen atoms in total. The second kappa shape index (κ2) is 12.0. The second-order valence-corrected chi connectivity index (χ2v) is 10.8. The average molecular weight is 574 g/mol. The third-order valence-corrected chi connectivity index (χ3v) is 7.28. The minimum atomic E-state index is -1.09. The number of nitrogens with one attached hydrogen (secondary N) is 2. The fourth-order valence-corrected chi connectivity index (χ4v) is 4.82. The summed E-state index contributed by atoms with van der Waals surface area (Å²) < 4.78 is 47.0. The number of anilines is 3. The predicted octanol–water partition coefficient (Wildman–Crippen LogP) is 1.59. The van der Waals surface area contributed by atoms with Crippen LogP contribution in [0.2, 0.25) is 0 Å². The Morgan fingerprint density at radius 2 is 1.93 bits per heavy atom. The number of nitrogen functional groups attached to an aromatic ring is 1. The van der Waals surface area contributed by atoms with Crippen LogP contribution in [-0.4, -0.2) is 92.4 Å². The molecule has 15 heteroatoms. The van der Waals surface area contributed by atoms with E-state index in [0.29, 0.717) is 62.3 Å². The number of hydrogen-bond acceptors (Lipinski definition) is 10. The van der Waals surface area contributed by atoms with Gasteiger partial charge in [-0.15, -0.1) is 0 Å². The quantitative estimate of drug-likeness (QED) is 0.256. The van der Waals surface area contributed by atoms with Gasteiger partial charge in [0.15, 0.2) is 11.4 Å². The van der Waals surface area contributed by atoms with Gasteiger partial charge in [-0.3, -0.25) is 13.9 Å². The number of rotatable bonds is 10. The molecule has 212 valence electrons. The van der Waals surface area contributed by atoms with Crippen LogP contribution >= 0.6 is 0 Å². The van der Waals surface area contributed by atoms with E-state index in [0.717, 1.165) is 6.07 Å². The van der Waals surface area contributed by atoms with Gasteiger partial charge in [-0.2, -0.15) is 19.6 Å². The summed E-state index contributed by atoms with van der Waals surface area (Å²) in [6.45, 7) is 3.64. The highest BCUT2D eigenvalue weighted by atomic mass is 32.2. The number of nitrogens with zero attached hydrogens (tertiary/aromatic N) is 6. The molecule has 1 aromatic carbocycles. The maximum atomic E-state index is 14.6. The molecule has 1 aliphatic heterocycles. The van der Waals surface area contributed by atoms with Gasteiger partial charge in [0.05, 0.1) is 17.5 Å². The molecular formula is C25H29F2N9O3S. The van der Waals surface area contributed by atoms with Crippen molar-refractivity contribution in [1.82, 2.24) is 29.8 Å².